The lowest BCUT2D eigenvalue weighted by Gasteiger charge is -2.33. The lowest BCUT2D eigenvalue weighted by Crippen LogP contribution is -2.55. The maximum Gasteiger partial charge on any atom is 0.251 e. The van der Waals surface area contributed by atoms with E-state index in [1.54, 1.807) is 18.2 Å². The Morgan fingerprint density at radius 3 is 2.54 bits per heavy atom. The molecule has 0 spiro atoms. The molecular formula is C16H26ClN3O3S. The molecule has 1 aliphatic rings. The van der Waals surface area contributed by atoms with Gasteiger partial charge in [0.25, 0.3) is 5.91 Å². The summed E-state index contributed by atoms with van der Waals surface area (Å²) in [7, 11) is -3.28. The second kappa shape index (κ2) is 7.29. The van der Waals surface area contributed by atoms with Gasteiger partial charge in [-0.25, -0.2) is 8.42 Å². The van der Waals surface area contributed by atoms with Crippen molar-refractivity contribution in [3.8, 4) is 0 Å². The summed E-state index contributed by atoms with van der Waals surface area (Å²) in [5.74, 6) is 0.0128. The molecule has 136 valence electrons. The van der Waals surface area contributed by atoms with Gasteiger partial charge in [0.15, 0.2) is 0 Å². The molecule has 6 nitrogen and oxygen atoms in total. The highest BCUT2D eigenvalue weighted by atomic mass is 35.5. The van der Waals surface area contributed by atoms with Crippen LogP contribution in [-0.2, 0) is 16.4 Å². The summed E-state index contributed by atoms with van der Waals surface area (Å²) in [6.45, 7) is 6.73. The summed E-state index contributed by atoms with van der Waals surface area (Å²) in [6.07, 6.45) is 1.81. The first-order valence-electron chi connectivity index (χ1n) is 7.71. The third-order valence-corrected chi connectivity index (χ3v) is 5.87. The van der Waals surface area contributed by atoms with Gasteiger partial charge in [-0.15, -0.1) is 12.4 Å². The Bertz CT molecular complexity index is 721. The maximum absolute atomic E-state index is 12.5. The molecular weight excluding hydrogens is 350 g/mol. The van der Waals surface area contributed by atoms with E-state index in [4.69, 9.17) is 5.73 Å². The van der Waals surface area contributed by atoms with Crippen molar-refractivity contribution in [2.24, 2.45) is 11.7 Å². The monoisotopic (exact) mass is 375 g/mol. The van der Waals surface area contributed by atoms with Crippen LogP contribution in [0.5, 0.6) is 0 Å². The first-order valence-corrected chi connectivity index (χ1v) is 9.56. The molecule has 1 amide bonds. The molecule has 0 radical (unpaired) electrons. The average Bonchev–Trinajstić information content (AvgIpc) is 2.89. The topological polar surface area (TPSA) is 92.5 Å². The molecule has 1 aromatic carbocycles. The summed E-state index contributed by atoms with van der Waals surface area (Å²) < 4.78 is 24.9. The van der Waals surface area contributed by atoms with Gasteiger partial charge in [-0.2, -0.15) is 0 Å². The van der Waals surface area contributed by atoms with Crippen molar-refractivity contribution in [3.05, 3.63) is 29.3 Å². The minimum Gasteiger partial charge on any atom is -0.345 e. The molecule has 1 aromatic rings. The lowest BCUT2D eigenvalue weighted by molar-refractivity contribution is 0.0883. The number of rotatable bonds is 5. The number of fused-ring (bicyclic) bond motifs is 1. The number of benzene rings is 1. The van der Waals surface area contributed by atoms with Crippen LogP contribution in [0.15, 0.2) is 18.2 Å². The third-order valence-electron chi connectivity index (χ3n) is 4.69. The van der Waals surface area contributed by atoms with Crippen molar-refractivity contribution in [3.63, 3.8) is 0 Å². The van der Waals surface area contributed by atoms with E-state index in [9.17, 15) is 13.2 Å². The number of hydrogen-bond acceptors (Lipinski definition) is 4. The van der Waals surface area contributed by atoms with Crippen LogP contribution in [0.1, 0.15) is 36.7 Å². The molecule has 0 bridgehead atoms. The Labute approximate surface area is 150 Å². The van der Waals surface area contributed by atoms with Crippen molar-refractivity contribution in [1.29, 1.82) is 0 Å². The number of carbonyl (C=O) groups excluding carboxylic acids is 1. The van der Waals surface area contributed by atoms with Crippen LogP contribution in [-0.4, -0.2) is 39.2 Å². The molecule has 0 fully saturated rings. The first kappa shape index (κ1) is 20.7. The summed E-state index contributed by atoms with van der Waals surface area (Å²) in [4.78, 5) is 12.5. The zero-order chi connectivity index (χ0) is 17.4. The first-order chi connectivity index (χ1) is 10.6. The van der Waals surface area contributed by atoms with Crippen LogP contribution in [0.25, 0.3) is 0 Å². The Kier molecular flexibility index (Phi) is 6.30. The number of hydrogen-bond donors (Lipinski definition) is 2. The van der Waals surface area contributed by atoms with Crippen molar-refractivity contribution in [1.82, 2.24) is 5.32 Å². The molecule has 1 atom stereocenters. The zero-order valence-corrected chi connectivity index (χ0v) is 16.1. The quantitative estimate of drug-likeness (QED) is 0.816. The summed E-state index contributed by atoms with van der Waals surface area (Å²) in [6, 6.07) is 5.13. The predicted molar refractivity (Wildman–Crippen MR) is 99.3 cm³/mol. The van der Waals surface area contributed by atoms with E-state index in [2.05, 4.69) is 5.32 Å². The van der Waals surface area contributed by atoms with Gasteiger partial charge in [0.2, 0.25) is 10.0 Å². The average molecular weight is 376 g/mol. The van der Waals surface area contributed by atoms with Gasteiger partial charge in [-0.1, -0.05) is 13.8 Å². The summed E-state index contributed by atoms with van der Waals surface area (Å²) in [5.41, 5.74) is 7.39. The standard InChI is InChI=1S/C16H25N3O3S.ClH/c1-11(2)16(3,10-17)18-15(20)13-5-6-14-12(9-13)7-8-19(14)23(4,21)22;/h5-6,9,11H,7-8,10,17H2,1-4H3,(H,18,20);1H. The van der Waals surface area contributed by atoms with E-state index >= 15 is 0 Å². The van der Waals surface area contributed by atoms with Crippen molar-refractivity contribution in [2.45, 2.75) is 32.7 Å². The highest BCUT2D eigenvalue weighted by Gasteiger charge is 2.30. The van der Waals surface area contributed by atoms with Crippen molar-refractivity contribution in [2.75, 3.05) is 23.7 Å². The predicted octanol–water partition coefficient (Wildman–Crippen LogP) is 1.53. The van der Waals surface area contributed by atoms with Gasteiger partial charge in [0.05, 0.1) is 17.5 Å². The minimum atomic E-state index is -3.28. The molecule has 1 unspecified atom stereocenters. The number of halogens is 1. The van der Waals surface area contributed by atoms with Gasteiger partial charge >= 0.3 is 0 Å². The second-order valence-electron chi connectivity index (χ2n) is 6.66. The van der Waals surface area contributed by atoms with Gasteiger partial charge in [0.1, 0.15) is 0 Å². The molecule has 1 heterocycles. The van der Waals surface area contributed by atoms with Crippen LogP contribution in [0.2, 0.25) is 0 Å². The second-order valence-corrected chi connectivity index (χ2v) is 8.57. The van der Waals surface area contributed by atoms with E-state index in [0.29, 0.717) is 30.8 Å². The summed E-state index contributed by atoms with van der Waals surface area (Å²) >= 11 is 0. The molecule has 0 saturated heterocycles. The van der Waals surface area contributed by atoms with Crippen LogP contribution >= 0.6 is 12.4 Å². The molecule has 24 heavy (non-hydrogen) atoms. The Morgan fingerprint density at radius 1 is 1.42 bits per heavy atom. The number of nitrogens with one attached hydrogen (secondary N) is 1. The molecule has 2 rings (SSSR count). The number of nitrogens with two attached hydrogens (primary N) is 1. The Hall–Kier alpha value is -1.31. The summed E-state index contributed by atoms with van der Waals surface area (Å²) in [5, 5.41) is 3.00. The fraction of sp³-hybridized carbons (Fsp3) is 0.562. The van der Waals surface area contributed by atoms with E-state index in [1.165, 1.54) is 10.6 Å². The highest BCUT2D eigenvalue weighted by Crippen LogP contribution is 2.30. The van der Waals surface area contributed by atoms with Crippen molar-refractivity contribution < 1.29 is 13.2 Å². The number of nitrogens with zero attached hydrogens (tertiary/aromatic N) is 1. The molecule has 0 aromatic heterocycles. The number of anilines is 1. The fourth-order valence-corrected chi connectivity index (χ4v) is 3.58. The Balaban J connectivity index is 0.00000288. The molecule has 0 saturated carbocycles. The van der Waals surface area contributed by atoms with Crippen LogP contribution in [0, 0.1) is 5.92 Å². The van der Waals surface area contributed by atoms with Gasteiger partial charge < -0.3 is 11.1 Å². The van der Waals surface area contributed by atoms with Crippen molar-refractivity contribution >= 4 is 34.0 Å². The fourth-order valence-electron chi connectivity index (χ4n) is 2.62. The van der Waals surface area contributed by atoms with E-state index in [0.717, 1.165) is 5.56 Å². The smallest absolute Gasteiger partial charge is 0.251 e. The molecule has 8 heteroatoms. The molecule has 1 aliphatic heterocycles. The SMILES string of the molecule is CC(C)C(C)(CN)NC(=O)c1ccc2c(c1)CCN2S(C)(=O)=O.Cl. The number of sulfonamides is 1. The lowest BCUT2D eigenvalue weighted by atomic mass is 9.88. The molecule has 0 aliphatic carbocycles. The van der Waals surface area contributed by atoms with Crippen LogP contribution < -0.4 is 15.4 Å². The van der Waals surface area contributed by atoms with Crippen LogP contribution in [0.4, 0.5) is 5.69 Å². The normalized spacial score (nSPS) is 16.3. The Morgan fingerprint density at radius 2 is 2.04 bits per heavy atom. The van der Waals surface area contributed by atoms with Gasteiger partial charge in [-0.05, 0) is 43.0 Å². The van der Waals surface area contributed by atoms with Gasteiger partial charge in [-0.3, -0.25) is 9.10 Å². The maximum atomic E-state index is 12.5. The minimum absolute atomic E-state index is 0. The van der Waals surface area contributed by atoms with E-state index in [1.807, 2.05) is 20.8 Å². The van der Waals surface area contributed by atoms with E-state index < -0.39 is 15.6 Å². The zero-order valence-electron chi connectivity index (χ0n) is 14.5. The largest absolute Gasteiger partial charge is 0.345 e. The third kappa shape index (κ3) is 4.02. The number of amides is 1. The van der Waals surface area contributed by atoms with Gasteiger partial charge in [0, 0.05) is 18.7 Å². The molecule has 3 N–H and O–H groups in total. The highest BCUT2D eigenvalue weighted by molar-refractivity contribution is 7.92. The van der Waals surface area contributed by atoms with Crippen LogP contribution in [0.3, 0.4) is 0 Å². The number of carbonyl (C=O) groups is 1. The van der Waals surface area contributed by atoms with E-state index in [-0.39, 0.29) is 24.2 Å².